The first-order valence-corrected chi connectivity index (χ1v) is 11.2. The number of thiazole rings is 1. The van der Waals surface area contributed by atoms with Crippen LogP contribution in [0.1, 0.15) is 48.6 Å². The number of esters is 1. The summed E-state index contributed by atoms with van der Waals surface area (Å²) in [7, 11) is 0. The van der Waals surface area contributed by atoms with Crippen molar-refractivity contribution in [3.63, 3.8) is 0 Å². The highest BCUT2D eigenvalue weighted by Gasteiger charge is 2.42. The SMILES string of the molecule is CCOC(=O)c1sc(NC(=O)C(Cc2ccccc2)N2C(=O)c3ccccc3C2=O)nc1C. The molecule has 2 heterocycles. The summed E-state index contributed by atoms with van der Waals surface area (Å²) in [5, 5.41) is 2.87. The van der Waals surface area contributed by atoms with E-state index in [0.717, 1.165) is 21.8 Å². The Morgan fingerprint density at radius 3 is 2.24 bits per heavy atom. The van der Waals surface area contributed by atoms with Crippen molar-refractivity contribution in [2.24, 2.45) is 0 Å². The molecule has 3 aromatic rings. The van der Waals surface area contributed by atoms with E-state index < -0.39 is 29.7 Å². The summed E-state index contributed by atoms with van der Waals surface area (Å²) in [5.41, 5.74) is 1.75. The predicted molar refractivity (Wildman–Crippen MR) is 122 cm³/mol. The summed E-state index contributed by atoms with van der Waals surface area (Å²) < 4.78 is 5.02. The average molecular weight is 464 g/mol. The molecule has 0 aliphatic carbocycles. The largest absolute Gasteiger partial charge is 0.462 e. The van der Waals surface area contributed by atoms with E-state index in [-0.39, 0.29) is 34.2 Å². The molecular weight excluding hydrogens is 442 g/mol. The molecular formula is C24H21N3O5S. The van der Waals surface area contributed by atoms with Crippen LogP contribution in [0, 0.1) is 6.92 Å². The van der Waals surface area contributed by atoms with E-state index in [2.05, 4.69) is 10.3 Å². The zero-order valence-corrected chi connectivity index (χ0v) is 18.8. The van der Waals surface area contributed by atoms with Crippen molar-refractivity contribution < 1.29 is 23.9 Å². The van der Waals surface area contributed by atoms with Crippen LogP contribution in [0.5, 0.6) is 0 Å². The van der Waals surface area contributed by atoms with Crippen molar-refractivity contribution in [1.29, 1.82) is 0 Å². The van der Waals surface area contributed by atoms with E-state index in [4.69, 9.17) is 4.74 Å². The molecule has 0 saturated heterocycles. The van der Waals surface area contributed by atoms with Crippen LogP contribution >= 0.6 is 11.3 Å². The molecule has 168 valence electrons. The van der Waals surface area contributed by atoms with E-state index in [1.54, 1.807) is 38.1 Å². The highest BCUT2D eigenvalue weighted by Crippen LogP contribution is 2.28. The molecule has 2 aromatic carbocycles. The molecule has 3 amide bonds. The van der Waals surface area contributed by atoms with Crippen molar-refractivity contribution in [2.75, 3.05) is 11.9 Å². The Labute approximate surface area is 194 Å². The number of carbonyl (C=O) groups is 4. The molecule has 1 N–H and O–H groups in total. The van der Waals surface area contributed by atoms with Crippen molar-refractivity contribution >= 4 is 40.2 Å². The zero-order valence-electron chi connectivity index (χ0n) is 18.0. The van der Waals surface area contributed by atoms with Crippen LogP contribution in [0.3, 0.4) is 0 Å². The number of fused-ring (bicyclic) bond motifs is 1. The number of benzene rings is 2. The maximum absolute atomic E-state index is 13.4. The third-order valence-corrected chi connectivity index (χ3v) is 6.25. The van der Waals surface area contributed by atoms with Crippen LogP contribution in [0.2, 0.25) is 0 Å². The monoisotopic (exact) mass is 463 g/mol. The van der Waals surface area contributed by atoms with E-state index >= 15 is 0 Å². The minimum atomic E-state index is -1.10. The van der Waals surface area contributed by atoms with Gasteiger partial charge in [0.25, 0.3) is 11.8 Å². The van der Waals surface area contributed by atoms with Crippen molar-refractivity contribution in [3.8, 4) is 0 Å². The normalized spacial score (nSPS) is 13.6. The molecule has 33 heavy (non-hydrogen) atoms. The van der Waals surface area contributed by atoms with Gasteiger partial charge in [-0.25, -0.2) is 9.78 Å². The predicted octanol–water partition coefficient (Wildman–Crippen LogP) is 3.47. The second-order valence-electron chi connectivity index (χ2n) is 7.37. The second-order valence-corrected chi connectivity index (χ2v) is 8.37. The molecule has 0 fully saturated rings. The molecule has 1 aliphatic rings. The van der Waals surface area contributed by atoms with Gasteiger partial charge in [-0.1, -0.05) is 53.8 Å². The number of amides is 3. The maximum Gasteiger partial charge on any atom is 0.350 e. The number of imide groups is 1. The van der Waals surface area contributed by atoms with Gasteiger partial charge in [-0.15, -0.1) is 0 Å². The van der Waals surface area contributed by atoms with Crippen molar-refractivity contribution in [1.82, 2.24) is 9.88 Å². The number of rotatable bonds is 7. The lowest BCUT2D eigenvalue weighted by atomic mass is 10.0. The summed E-state index contributed by atoms with van der Waals surface area (Å²) >= 11 is 0.985. The lowest BCUT2D eigenvalue weighted by molar-refractivity contribution is -0.119. The molecule has 0 saturated carbocycles. The molecule has 4 rings (SSSR count). The average Bonchev–Trinajstić information content (AvgIpc) is 3.30. The fourth-order valence-corrected chi connectivity index (χ4v) is 4.52. The summed E-state index contributed by atoms with van der Waals surface area (Å²) in [6, 6.07) is 14.5. The van der Waals surface area contributed by atoms with Crippen LogP contribution in [-0.2, 0) is 16.0 Å². The molecule has 1 aromatic heterocycles. The first-order chi connectivity index (χ1) is 15.9. The van der Waals surface area contributed by atoms with Gasteiger partial charge in [0.15, 0.2) is 5.13 Å². The Bertz CT molecular complexity index is 1200. The van der Waals surface area contributed by atoms with Crippen LogP contribution in [0.4, 0.5) is 5.13 Å². The maximum atomic E-state index is 13.4. The summed E-state index contributed by atoms with van der Waals surface area (Å²) in [6.07, 6.45) is 0.132. The Morgan fingerprint density at radius 2 is 1.64 bits per heavy atom. The molecule has 8 nitrogen and oxygen atoms in total. The fourth-order valence-electron chi connectivity index (χ4n) is 3.65. The van der Waals surface area contributed by atoms with Crippen LogP contribution in [0.25, 0.3) is 0 Å². The van der Waals surface area contributed by atoms with Gasteiger partial charge in [-0.3, -0.25) is 19.3 Å². The molecule has 0 bridgehead atoms. The number of anilines is 1. The molecule has 0 spiro atoms. The van der Waals surface area contributed by atoms with Gasteiger partial charge in [0.1, 0.15) is 10.9 Å². The van der Waals surface area contributed by atoms with Gasteiger partial charge >= 0.3 is 5.97 Å². The Balaban J connectivity index is 1.64. The molecule has 1 aliphatic heterocycles. The lowest BCUT2D eigenvalue weighted by Gasteiger charge is -2.25. The highest BCUT2D eigenvalue weighted by atomic mass is 32.1. The van der Waals surface area contributed by atoms with E-state index in [0.29, 0.717) is 5.69 Å². The van der Waals surface area contributed by atoms with E-state index in [1.807, 2.05) is 30.3 Å². The number of ether oxygens (including phenoxy) is 1. The number of hydrogen-bond acceptors (Lipinski definition) is 7. The lowest BCUT2D eigenvalue weighted by Crippen LogP contribution is -2.48. The minimum absolute atomic E-state index is 0.132. The molecule has 9 heteroatoms. The van der Waals surface area contributed by atoms with Crippen molar-refractivity contribution in [3.05, 3.63) is 81.9 Å². The smallest absolute Gasteiger partial charge is 0.350 e. The van der Waals surface area contributed by atoms with Crippen molar-refractivity contribution in [2.45, 2.75) is 26.3 Å². The summed E-state index contributed by atoms with van der Waals surface area (Å²) in [5.74, 6) is -2.13. The number of aromatic nitrogens is 1. The molecule has 1 atom stereocenters. The van der Waals surface area contributed by atoms with E-state index in [9.17, 15) is 19.2 Å². The van der Waals surface area contributed by atoms with Gasteiger partial charge in [-0.2, -0.15) is 0 Å². The number of nitrogens with zero attached hydrogens (tertiary/aromatic N) is 2. The van der Waals surface area contributed by atoms with Gasteiger partial charge in [0, 0.05) is 6.42 Å². The number of nitrogens with one attached hydrogen (secondary N) is 1. The van der Waals surface area contributed by atoms with Crippen LogP contribution in [-0.4, -0.2) is 46.2 Å². The standard InChI is InChI=1S/C24H21N3O5S/c1-3-32-23(31)19-14(2)25-24(33-19)26-20(28)18(13-15-9-5-4-6-10-15)27-21(29)16-11-7-8-12-17(16)22(27)30/h4-12,18H,3,13H2,1-2H3,(H,25,26,28). The molecule has 1 unspecified atom stereocenters. The first-order valence-electron chi connectivity index (χ1n) is 10.4. The summed E-state index contributed by atoms with van der Waals surface area (Å²) in [4.78, 5) is 57.1. The van der Waals surface area contributed by atoms with E-state index in [1.165, 1.54) is 0 Å². The fraction of sp³-hybridized carbons (Fsp3) is 0.208. The van der Waals surface area contributed by atoms with Crippen LogP contribution in [0.15, 0.2) is 54.6 Å². The third kappa shape index (κ3) is 4.40. The quantitative estimate of drug-likeness (QED) is 0.425. The summed E-state index contributed by atoms with van der Waals surface area (Å²) in [6.45, 7) is 3.56. The number of aryl methyl sites for hydroxylation is 1. The van der Waals surface area contributed by atoms with Gasteiger partial charge in [-0.05, 0) is 31.5 Å². The van der Waals surface area contributed by atoms with Crippen LogP contribution < -0.4 is 5.32 Å². The van der Waals surface area contributed by atoms with Gasteiger partial charge in [0.2, 0.25) is 5.91 Å². The highest BCUT2D eigenvalue weighted by molar-refractivity contribution is 7.17. The Morgan fingerprint density at radius 1 is 1.03 bits per heavy atom. The molecule has 0 radical (unpaired) electrons. The third-order valence-electron chi connectivity index (χ3n) is 5.20. The number of hydrogen-bond donors (Lipinski definition) is 1. The second kappa shape index (κ2) is 9.33. The topological polar surface area (TPSA) is 106 Å². The zero-order chi connectivity index (χ0) is 23.5. The first kappa shape index (κ1) is 22.3. The van der Waals surface area contributed by atoms with Gasteiger partial charge in [0.05, 0.1) is 23.4 Å². The minimum Gasteiger partial charge on any atom is -0.462 e. The Hall–Kier alpha value is -3.85. The number of carbonyl (C=O) groups excluding carboxylic acids is 4. The van der Waals surface area contributed by atoms with Gasteiger partial charge < -0.3 is 10.1 Å². The Kier molecular flexibility index (Phi) is 6.32.